The van der Waals surface area contributed by atoms with Gasteiger partial charge < -0.3 is 5.32 Å². The fourth-order valence-electron chi connectivity index (χ4n) is 3.27. The molecule has 0 fully saturated rings. The third-order valence-corrected chi connectivity index (χ3v) is 4.78. The summed E-state index contributed by atoms with van der Waals surface area (Å²) in [6, 6.07) is 13.6. The van der Waals surface area contributed by atoms with Crippen LogP contribution in [0.2, 0.25) is 0 Å². The van der Waals surface area contributed by atoms with Crippen molar-refractivity contribution >= 4 is 23.4 Å². The second-order valence-corrected chi connectivity index (χ2v) is 6.47. The molecule has 2 aromatic carbocycles. The Kier molecular flexibility index (Phi) is 5.49. The molecule has 0 aromatic heterocycles. The molecule has 28 heavy (non-hydrogen) atoms. The van der Waals surface area contributed by atoms with E-state index in [0.29, 0.717) is 6.54 Å². The molecular formula is C20H19N3O5. The Morgan fingerprint density at radius 2 is 1.82 bits per heavy atom. The number of nitrogens with zero attached hydrogens (tertiary/aromatic N) is 2. The van der Waals surface area contributed by atoms with Crippen molar-refractivity contribution in [3.63, 3.8) is 0 Å². The van der Waals surface area contributed by atoms with Crippen molar-refractivity contribution in [3.8, 4) is 0 Å². The van der Waals surface area contributed by atoms with Gasteiger partial charge in [0.2, 0.25) is 5.91 Å². The predicted octanol–water partition coefficient (Wildman–Crippen LogP) is 2.50. The summed E-state index contributed by atoms with van der Waals surface area (Å²) in [6.07, 6.45) is 0.809. The molecule has 3 rings (SSSR count). The van der Waals surface area contributed by atoms with Crippen molar-refractivity contribution in [3.05, 3.63) is 75.3 Å². The topological polar surface area (TPSA) is 110 Å². The van der Waals surface area contributed by atoms with Crippen LogP contribution in [0.5, 0.6) is 0 Å². The van der Waals surface area contributed by atoms with Gasteiger partial charge in [0, 0.05) is 18.5 Å². The summed E-state index contributed by atoms with van der Waals surface area (Å²) in [5.41, 5.74) is 0.333. The van der Waals surface area contributed by atoms with Gasteiger partial charge in [-0.15, -0.1) is 0 Å². The summed E-state index contributed by atoms with van der Waals surface area (Å²) in [7, 11) is 0. The van der Waals surface area contributed by atoms with Crippen LogP contribution in [0.15, 0.2) is 48.5 Å². The molecule has 144 valence electrons. The van der Waals surface area contributed by atoms with Gasteiger partial charge in [-0.3, -0.25) is 29.4 Å². The minimum absolute atomic E-state index is 0.0530. The lowest BCUT2D eigenvalue weighted by atomic mass is 9.96. The van der Waals surface area contributed by atoms with E-state index in [1.54, 1.807) is 0 Å². The first kappa shape index (κ1) is 19.2. The number of hydrogen-bond acceptors (Lipinski definition) is 5. The lowest BCUT2D eigenvalue weighted by molar-refractivity contribution is -0.385. The molecule has 0 saturated heterocycles. The van der Waals surface area contributed by atoms with E-state index in [2.05, 4.69) is 5.32 Å². The number of fused-ring (bicyclic) bond motifs is 1. The Bertz CT molecular complexity index is 942. The van der Waals surface area contributed by atoms with Crippen LogP contribution in [0.4, 0.5) is 5.69 Å². The largest absolute Gasteiger partial charge is 0.354 e. The number of hydrogen-bond donors (Lipinski definition) is 1. The number of nitro benzene ring substituents is 1. The average molecular weight is 381 g/mol. The Morgan fingerprint density at radius 3 is 2.46 bits per heavy atom. The zero-order valence-electron chi connectivity index (χ0n) is 15.3. The molecule has 1 N–H and O–H groups in total. The maximum Gasteiger partial charge on any atom is 0.282 e. The molecule has 0 radical (unpaired) electrons. The molecule has 0 spiro atoms. The van der Waals surface area contributed by atoms with Crippen LogP contribution < -0.4 is 5.32 Å². The highest BCUT2D eigenvalue weighted by Gasteiger charge is 2.41. The Balaban J connectivity index is 1.68. The van der Waals surface area contributed by atoms with E-state index in [4.69, 9.17) is 0 Å². The van der Waals surface area contributed by atoms with Gasteiger partial charge in [0.1, 0.15) is 12.1 Å². The smallest absolute Gasteiger partial charge is 0.282 e. The monoisotopic (exact) mass is 381 g/mol. The molecule has 8 heteroatoms. The Morgan fingerprint density at radius 1 is 1.11 bits per heavy atom. The third kappa shape index (κ3) is 3.62. The molecule has 1 aliphatic rings. The van der Waals surface area contributed by atoms with E-state index in [0.717, 1.165) is 16.9 Å². The van der Waals surface area contributed by atoms with E-state index >= 15 is 0 Å². The highest BCUT2D eigenvalue weighted by atomic mass is 16.6. The minimum Gasteiger partial charge on any atom is -0.354 e. The summed E-state index contributed by atoms with van der Waals surface area (Å²) in [5.74, 6) is -1.91. The zero-order valence-corrected chi connectivity index (χ0v) is 15.3. The maximum atomic E-state index is 12.5. The summed E-state index contributed by atoms with van der Waals surface area (Å²) in [5, 5.41) is 13.9. The molecule has 0 unspecified atom stereocenters. The first-order chi connectivity index (χ1) is 13.4. The average Bonchev–Trinajstić information content (AvgIpc) is 2.94. The van der Waals surface area contributed by atoms with Crippen LogP contribution in [0.1, 0.15) is 45.5 Å². The van der Waals surface area contributed by atoms with E-state index in [1.807, 2.05) is 37.3 Å². The van der Waals surface area contributed by atoms with Gasteiger partial charge in [0.05, 0.1) is 10.5 Å². The van der Waals surface area contributed by atoms with Crippen molar-refractivity contribution in [2.45, 2.75) is 19.3 Å². The van der Waals surface area contributed by atoms with Gasteiger partial charge >= 0.3 is 0 Å². The fraction of sp³-hybridized carbons (Fsp3) is 0.250. The van der Waals surface area contributed by atoms with E-state index in [9.17, 15) is 24.5 Å². The van der Waals surface area contributed by atoms with Crippen LogP contribution in [-0.4, -0.2) is 40.6 Å². The van der Waals surface area contributed by atoms with E-state index in [-0.39, 0.29) is 17.0 Å². The number of imide groups is 1. The molecule has 1 atom stereocenters. The molecular weight excluding hydrogens is 362 g/mol. The number of carbonyl (C=O) groups excluding carboxylic acids is 3. The third-order valence-electron chi connectivity index (χ3n) is 4.78. The highest BCUT2D eigenvalue weighted by Crippen LogP contribution is 2.30. The molecule has 0 bridgehead atoms. The molecule has 2 aromatic rings. The Labute approximate surface area is 161 Å². The normalized spacial score (nSPS) is 14.0. The van der Waals surface area contributed by atoms with E-state index < -0.39 is 34.9 Å². The van der Waals surface area contributed by atoms with Crippen LogP contribution in [0, 0.1) is 10.1 Å². The van der Waals surface area contributed by atoms with Crippen LogP contribution in [-0.2, 0) is 4.79 Å². The number of rotatable bonds is 7. The van der Waals surface area contributed by atoms with Crippen molar-refractivity contribution in [2.24, 2.45) is 0 Å². The summed E-state index contributed by atoms with van der Waals surface area (Å²) >= 11 is 0. The lowest BCUT2D eigenvalue weighted by Crippen LogP contribution is -2.41. The first-order valence-corrected chi connectivity index (χ1v) is 8.89. The van der Waals surface area contributed by atoms with Crippen molar-refractivity contribution in [1.29, 1.82) is 0 Å². The summed E-state index contributed by atoms with van der Waals surface area (Å²) < 4.78 is 0. The number of nitro groups is 1. The number of nitrogens with one attached hydrogen (secondary N) is 1. The van der Waals surface area contributed by atoms with E-state index in [1.165, 1.54) is 18.2 Å². The van der Waals surface area contributed by atoms with Gasteiger partial charge in [-0.25, -0.2) is 0 Å². The molecule has 1 heterocycles. The lowest BCUT2D eigenvalue weighted by Gasteiger charge is -2.18. The molecule has 8 nitrogen and oxygen atoms in total. The molecule has 0 saturated carbocycles. The molecule has 0 aliphatic carbocycles. The highest BCUT2D eigenvalue weighted by molar-refractivity contribution is 6.24. The number of benzene rings is 2. The second-order valence-electron chi connectivity index (χ2n) is 6.47. The van der Waals surface area contributed by atoms with Crippen LogP contribution in [0.25, 0.3) is 0 Å². The number of amides is 3. The van der Waals surface area contributed by atoms with Crippen LogP contribution >= 0.6 is 0 Å². The molecule has 3 amide bonds. The van der Waals surface area contributed by atoms with Crippen molar-refractivity contribution in [2.75, 3.05) is 13.1 Å². The molecule has 1 aliphatic heterocycles. The summed E-state index contributed by atoms with van der Waals surface area (Å²) in [6.45, 7) is 1.89. The maximum absolute atomic E-state index is 12.5. The van der Waals surface area contributed by atoms with Gasteiger partial charge in [-0.2, -0.15) is 0 Å². The van der Waals surface area contributed by atoms with Crippen molar-refractivity contribution in [1.82, 2.24) is 10.2 Å². The van der Waals surface area contributed by atoms with Gasteiger partial charge in [0.25, 0.3) is 17.5 Å². The minimum atomic E-state index is -0.822. The van der Waals surface area contributed by atoms with Gasteiger partial charge in [-0.1, -0.05) is 43.3 Å². The summed E-state index contributed by atoms with van der Waals surface area (Å²) in [4.78, 5) is 48.4. The standard InChI is InChI=1S/C20H19N3O5/c1-2-13(14-7-4-3-5-8-14)11-21-17(24)12-22-19(25)15-9-6-10-16(23(27)28)18(15)20(22)26/h3-10,13H,2,11-12H2,1H3,(H,21,24)/t13-/m1/s1. The number of carbonyl (C=O) groups is 3. The van der Waals surface area contributed by atoms with Crippen LogP contribution in [0.3, 0.4) is 0 Å². The van der Waals surface area contributed by atoms with Gasteiger partial charge in [-0.05, 0) is 18.1 Å². The predicted molar refractivity (Wildman–Crippen MR) is 101 cm³/mol. The Hall–Kier alpha value is -3.55. The quantitative estimate of drug-likeness (QED) is 0.450. The van der Waals surface area contributed by atoms with Crippen molar-refractivity contribution < 1.29 is 19.3 Å². The van der Waals surface area contributed by atoms with Gasteiger partial charge in [0.15, 0.2) is 0 Å². The zero-order chi connectivity index (χ0) is 20.3. The SMILES string of the molecule is CC[C@H](CNC(=O)CN1C(=O)c2cccc([N+](=O)[O-])c2C1=O)c1ccccc1. The fourth-order valence-corrected chi connectivity index (χ4v) is 3.27. The first-order valence-electron chi connectivity index (χ1n) is 8.89. The second kappa shape index (κ2) is 7.99.